The molecule has 0 radical (unpaired) electrons. The molecule has 0 unspecified atom stereocenters. The Morgan fingerprint density at radius 1 is 1.00 bits per heavy atom. The van der Waals surface area contributed by atoms with Crippen LogP contribution in [0.2, 0.25) is 0 Å². The molecule has 2 heteroatoms. The molecule has 2 rings (SSSR count). The van der Waals surface area contributed by atoms with Crippen LogP contribution in [0.5, 0.6) is 5.75 Å². The van der Waals surface area contributed by atoms with Crippen LogP contribution in [0.3, 0.4) is 0 Å². The lowest BCUT2D eigenvalue weighted by molar-refractivity contribution is 0.340. The summed E-state index contributed by atoms with van der Waals surface area (Å²) in [5.74, 6) is 0.906. The van der Waals surface area contributed by atoms with Gasteiger partial charge in [-0.25, -0.2) is 0 Å². The molecule has 0 spiro atoms. The first kappa shape index (κ1) is 13.2. The van der Waals surface area contributed by atoms with Gasteiger partial charge in [-0.3, -0.25) is 0 Å². The topological polar surface area (TPSA) is 33.0 Å². The Kier molecular flexibility index (Phi) is 4.58. The maximum absolute atomic E-state index is 9.04. The highest BCUT2D eigenvalue weighted by Crippen LogP contribution is 2.15. The van der Waals surface area contributed by atoms with E-state index < -0.39 is 0 Å². The second-order valence-electron chi connectivity index (χ2n) is 4.35. The zero-order valence-corrected chi connectivity index (χ0v) is 11.1. The molecule has 0 saturated heterocycles. The Bertz CT molecular complexity index is 567. The highest BCUT2D eigenvalue weighted by molar-refractivity contribution is 5.38. The number of benzene rings is 2. The second-order valence-corrected chi connectivity index (χ2v) is 4.35. The lowest BCUT2D eigenvalue weighted by Crippen LogP contribution is -1.95. The summed E-state index contributed by atoms with van der Waals surface area (Å²) in [4.78, 5) is 0. The Morgan fingerprint density at radius 2 is 1.74 bits per heavy atom. The van der Waals surface area contributed by atoms with Crippen molar-refractivity contribution in [2.45, 2.75) is 19.8 Å². The fourth-order valence-electron chi connectivity index (χ4n) is 2.05. The minimum atomic E-state index is 0.689. The van der Waals surface area contributed by atoms with Crippen molar-refractivity contribution in [2.75, 3.05) is 6.61 Å². The first-order chi connectivity index (χ1) is 9.33. The van der Waals surface area contributed by atoms with Gasteiger partial charge >= 0.3 is 0 Å². The zero-order chi connectivity index (χ0) is 13.5. The van der Waals surface area contributed by atoms with E-state index >= 15 is 0 Å². The van der Waals surface area contributed by atoms with E-state index in [-0.39, 0.29) is 0 Å². The van der Waals surface area contributed by atoms with Crippen molar-refractivity contribution in [3.8, 4) is 11.8 Å². The summed E-state index contributed by atoms with van der Waals surface area (Å²) in [7, 11) is 0. The van der Waals surface area contributed by atoms with Crippen LogP contribution in [0.15, 0.2) is 48.5 Å². The number of nitriles is 1. The summed E-state index contributed by atoms with van der Waals surface area (Å²) in [6.45, 7) is 2.67. The Labute approximate surface area is 114 Å². The van der Waals surface area contributed by atoms with Crippen LogP contribution in [0.1, 0.15) is 23.6 Å². The van der Waals surface area contributed by atoms with E-state index in [1.54, 1.807) is 0 Å². The normalized spacial score (nSPS) is 9.89. The maximum atomic E-state index is 9.04. The molecule has 0 N–H and O–H groups in total. The van der Waals surface area contributed by atoms with E-state index in [1.165, 1.54) is 5.56 Å². The minimum absolute atomic E-state index is 0.689. The molecule has 0 atom stereocenters. The Balaban J connectivity index is 2.00. The van der Waals surface area contributed by atoms with Gasteiger partial charge in [-0.15, -0.1) is 0 Å². The minimum Gasteiger partial charge on any atom is -0.494 e. The Hall–Kier alpha value is -2.27. The van der Waals surface area contributed by atoms with E-state index in [4.69, 9.17) is 10.00 Å². The summed E-state index contributed by atoms with van der Waals surface area (Å²) in [6.07, 6.45) is 1.82. The first-order valence-corrected chi connectivity index (χ1v) is 6.53. The van der Waals surface area contributed by atoms with Crippen molar-refractivity contribution in [3.05, 3.63) is 65.2 Å². The zero-order valence-electron chi connectivity index (χ0n) is 11.1. The van der Waals surface area contributed by atoms with Gasteiger partial charge in [-0.1, -0.05) is 30.3 Å². The molecule has 0 bridgehead atoms. The van der Waals surface area contributed by atoms with Crippen LogP contribution < -0.4 is 4.74 Å². The molecule has 2 aromatic carbocycles. The van der Waals surface area contributed by atoms with Crippen LogP contribution in [0, 0.1) is 11.3 Å². The van der Waals surface area contributed by atoms with Crippen LogP contribution >= 0.6 is 0 Å². The quantitative estimate of drug-likeness (QED) is 0.811. The van der Waals surface area contributed by atoms with Crippen LogP contribution in [-0.4, -0.2) is 6.61 Å². The molecule has 0 heterocycles. The smallest absolute Gasteiger partial charge is 0.119 e. The van der Waals surface area contributed by atoms with E-state index in [0.717, 1.165) is 29.7 Å². The van der Waals surface area contributed by atoms with Crippen molar-refractivity contribution in [1.29, 1.82) is 5.26 Å². The molecule has 0 aliphatic heterocycles. The summed E-state index contributed by atoms with van der Waals surface area (Å²) in [6, 6.07) is 18.2. The predicted octanol–water partition coefficient (Wildman–Crippen LogP) is 3.74. The molecule has 2 nitrogen and oxygen atoms in total. The molecule has 0 amide bonds. The first-order valence-electron chi connectivity index (χ1n) is 6.53. The molecule has 96 valence electrons. The van der Waals surface area contributed by atoms with Gasteiger partial charge in [0.15, 0.2) is 0 Å². The fourth-order valence-corrected chi connectivity index (χ4v) is 2.05. The highest BCUT2D eigenvalue weighted by atomic mass is 16.5. The monoisotopic (exact) mass is 251 g/mol. The number of hydrogen-bond donors (Lipinski definition) is 0. The molecule has 19 heavy (non-hydrogen) atoms. The summed E-state index contributed by atoms with van der Waals surface area (Å²) < 4.78 is 5.42. The molecule has 0 saturated carbocycles. The third-order valence-corrected chi connectivity index (χ3v) is 3.06. The van der Waals surface area contributed by atoms with E-state index in [2.05, 4.69) is 18.2 Å². The molecule has 0 fully saturated rings. The summed E-state index contributed by atoms with van der Waals surface area (Å²) >= 11 is 0. The second kappa shape index (κ2) is 6.61. The van der Waals surface area contributed by atoms with E-state index in [1.807, 2.05) is 43.3 Å². The van der Waals surface area contributed by atoms with Gasteiger partial charge < -0.3 is 4.74 Å². The third-order valence-electron chi connectivity index (χ3n) is 3.06. The predicted molar refractivity (Wildman–Crippen MR) is 76.2 cm³/mol. The van der Waals surface area contributed by atoms with Gasteiger partial charge in [-0.05, 0) is 49.1 Å². The lowest BCUT2D eigenvalue weighted by atomic mass is 10.0. The van der Waals surface area contributed by atoms with Gasteiger partial charge in [0.2, 0.25) is 0 Å². The van der Waals surface area contributed by atoms with Gasteiger partial charge in [0.25, 0.3) is 0 Å². The van der Waals surface area contributed by atoms with Crippen molar-refractivity contribution in [3.63, 3.8) is 0 Å². The summed E-state index contributed by atoms with van der Waals surface area (Å²) in [5.41, 5.74) is 3.14. The largest absolute Gasteiger partial charge is 0.494 e. The molecule has 2 aromatic rings. The molecular formula is C17H17NO. The number of nitrogens with zero attached hydrogens (tertiary/aromatic N) is 1. The SMILES string of the molecule is CCOc1ccc(CCc2ccccc2C#N)cc1. The standard InChI is InChI=1S/C17H17NO/c1-2-19-17-11-8-14(9-12-17)7-10-15-5-3-4-6-16(15)13-18/h3-6,8-9,11-12H,2,7,10H2,1H3. The van der Waals surface area contributed by atoms with Crippen molar-refractivity contribution < 1.29 is 4.74 Å². The van der Waals surface area contributed by atoms with Gasteiger partial charge in [-0.2, -0.15) is 5.26 Å². The van der Waals surface area contributed by atoms with Gasteiger partial charge in [0.1, 0.15) is 5.75 Å². The maximum Gasteiger partial charge on any atom is 0.119 e. The molecular weight excluding hydrogens is 234 g/mol. The van der Waals surface area contributed by atoms with Crippen LogP contribution in [0.25, 0.3) is 0 Å². The summed E-state index contributed by atoms with van der Waals surface area (Å²) in [5, 5.41) is 9.04. The Morgan fingerprint density at radius 3 is 2.42 bits per heavy atom. The highest BCUT2D eigenvalue weighted by Gasteiger charge is 2.01. The van der Waals surface area contributed by atoms with Crippen molar-refractivity contribution >= 4 is 0 Å². The lowest BCUT2D eigenvalue weighted by Gasteiger charge is -2.06. The number of aryl methyl sites for hydroxylation is 2. The average molecular weight is 251 g/mol. The number of ether oxygens (including phenoxy) is 1. The third kappa shape index (κ3) is 3.59. The van der Waals surface area contributed by atoms with Crippen LogP contribution in [0.4, 0.5) is 0 Å². The van der Waals surface area contributed by atoms with Crippen molar-refractivity contribution in [1.82, 2.24) is 0 Å². The fraction of sp³-hybridized carbons (Fsp3) is 0.235. The van der Waals surface area contributed by atoms with E-state index in [0.29, 0.717) is 6.61 Å². The van der Waals surface area contributed by atoms with Crippen LogP contribution in [-0.2, 0) is 12.8 Å². The van der Waals surface area contributed by atoms with Crippen molar-refractivity contribution in [2.24, 2.45) is 0 Å². The van der Waals surface area contributed by atoms with Gasteiger partial charge in [0.05, 0.1) is 18.2 Å². The molecule has 0 aliphatic carbocycles. The number of hydrogen-bond acceptors (Lipinski definition) is 2. The van der Waals surface area contributed by atoms with E-state index in [9.17, 15) is 0 Å². The number of rotatable bonds is 5. The average Bonchev–Trinajstić information content (AvgIpc) is 2.47. The van der Waals surface area contributed by atoms with Gasteiger partial charge in [0, 0.05) is 0 Å². The molecule has 0 aromatic heterocycles. The molecule has 0 aliphatic rings.